The minimum atomic E-state index is -0.354. The second-order valence-electron chi connectivity index (χ2n) is 3.34. The van der Waals surface area contributed by atoms with E-state index in [1.54, 1.807) is 12.1 Å². The van der Waals surface area contributed by atoms with Crippen molar-refractivity contribution in [3.63, 3.8) is 0 Å². The first-order valence-corrected chi connectivity index (χ1v) is 4.71. The van der Waals surface area contributed by atoms with Crippen molar-refractivity contribution >= 4 is 5.97 Å². The van der Waals surface area contributed by atoms with Gasteiger partial charge >= 0.3 is 5.97 Å². The molecule has 4 nitrogen and oxygen atoms in total. The van der Waals surface area contributed by atoms with Gasteiger partial charge in [0.1, 0.15) is 0 Å². The van der Waals surface area contributed by atoms with E-state index in [0.29, 0.717) is 12.0 Å². The molecule has 0 bridgehead atoms. The monoisotopic (exact) mass is 209 g/mol. The lowest BCUT2D eigenvalue weighted by Crippen LogP contribution is -2.26. The SMILES string of the molecule is COC(=O)c1ccc(C[C@@H](N)CO)cc1. The van der Waals surface area contributed by atoms with E-state index in [1.807, 2.05) is 12.1 Å². The topological polar surface area (TPSA) is 72.5 Å². The Bertz CT molecular complexity index is 321. The molecule has 0 aliphatic heterocycles. The Morgan fingerprint density at radius 3 is 2.53 bits per heavy atom. The van der Waals surface area contributed by atoms with Gasteiger partial charge in [-0.1, -0.05) is 12.1 Å². The Kier molecular flexibility index (Phi) is 4.27. The fourth-order valence-corrected chi connectivity index (χ4v) is 1.26. The number of benzene rings is 1. The summed E-state index contributed by atoms with van der Waals surface area (Å²) in [4.78, 5) is 11.1. The molecule has 0 aliphatic carbocycles. The summed E-state index contributed by atoms with van der Waals surface area (Å²) in [5, 5.41) is 8.78. The molecule has 0 saturated carbocycles. The zero-order valence-corrected chi connectivity index (χ0v) is 8.64. The fraction of sp³-hybridized carbons (Fsp3) is 0.364. The molecule has 1 aromatic rings. The second-order valence-corrected chi connectivity index (χ2v) is 3.34. The van der Waals surface area contributed by atoms with Gasteiger partial charge in [-0.15, -0.1) is 0 Å². The molecule has 1 rings (SSSR count). The molecule has 1 aromatic carbocycles. The smallest absolute Gasteiger partial charge is 0.337 e. The van der Waals surface area contributed by atoms with Gasteiger partial charge in [-0.05, 0) is 24.1 Å². The van der Waals surface area contributed by atoms with Crippen LogP contribution < -0.4 is 5.73 Å². The third-order valence-corrected chi connectivity index (χ3v) is 2.11. The number of nitrogens with two attached hydrogens (primary N) is 1. The Labute approximate surface area is 88.7 Å². The Morgan fingerprint density at radius 1 is 1.47 bits per heavy atom. The molecule has 3 N–H and O–H groups in total. The molecule has 0 aromatic heterocycles. The molecule has 0 aliphatic rings. The lowest BCUT2D eigenvalue weighted by molar-refractivity contribution is 0.0600. The van der Waals surface area contributed by atoms with E-state index in [4.69, 9.17) is 10.8 Å². The van der Waals surface area contributed by atoms with Crippen LogP contribution in [0.4, 0.5) is 0 Å². The Balaban J connectivity index is 2.68. The van der Waals surface area contributed by atoms with Gasteiger partial charge in [0.15, 0.2) is 0 Å². The number of methoxy groups -OCH3 is 1. The van der Waals surface area contributed by atoms with E-state index in [2.05, 4.69) is 4.74 Å². The Morgan fingerprint density at radius 2 is 2.07 bits per heavy atom. The van der Waals surface area contributed by atoms with Crippen LogP contribution in [0.5, 0.6) is 0 Å². The maximum absolute atomic E-state index is 11.1. The van der Waals surface area contributed by atoms with Gasteiger partial charge in [-0.2, -0.15) is 0 Å². The molecule has 4 heteroatoms. The average Bonchev–Trinajstić information content (AvgIpc) is 2.29. The lowest BCUT2D eigenvalue weighted by atomic mass is 10.1. The lowest BCUT2D eigenvalue weighted by Gasteiger charge is -2.08. The molecule has 0 heterocycles. The number of ether oxygens (including phenoxy) is 1. The minimum absolute atomic E-state index is 0.0429. The molecule has 0 amide bonds. The van der Waals surface area contributed by atoms with Crippen LogP contribution in [0.15, 0.2) is 24.3 Å². The summed E-state index contributed by atoms with van der Waals surface area (Å²) < 4.78 is 4.57. The van der Waals surface area contributed by atoms with Crippen molar-refractivity contribution in [3.8, 4) is 0 Å². The Hall–Kier alpha value is -1.39. The first-order valence-electron chi connectivity index (χ1n) is 4.71. The third-order valence-electron chi connectivity index (χ3n) is 2.11. The molecular weight excluding hydrogens is 194 g/mol. The van der Waals surface area contributed by atoms with Crippen LogP contribution in [0.25, 0.3) is 0 Å². The first-order chi connectivity index (χ1) is 7.17. The van der Waals surface area contributed by atoms with Crippen LogP contribution in [0.2, 0.25) is 0 Å². The standard InChI is InChI=1S/C11H15NO3/c1-15-11(14)9-4-2-8(3-5-9)6-10(12)7-13/h2-5,10,13H,6-7,12H2,1H3/t10-/m1/s1. The van der Waals surface area contributed by atoms with E-state index in [-0.39, 0.29) is 18.6 Å². The van der Waals surface area contributed by atoms with Gasteiger partial charge in [-0.3, -0.25) is 0 Å². The number of aliphatic hydroxyl groups excluding tert-OH is 1. The van der Waals surface area contributed by atoms with Crippen molar-refractivity contribution in [2.24, 2.45) is 5.73 Å². The highest BCUT2D eigenvalue weighted by Crippen LogP contribution is 2.07. The minimum Gasteiger partial charge on any atom is -0.465 e. The maximum Gasteiger partial charge on any atom is 0.337 e. The molecule has 1 atom stereocenters. The predicted octanol–water partition coefficient (Wildman–Crippen LogP) is 0.335. The van der Waals surface area contributed by atoms with E-state index in [1.165, 1.54) is 7.11 Å². The molecule has 82 valence electrons. The van der Waals surface area contributed by atoms with Gasteiger partial charge in [0.25, 0.3) is 0 Å². The summed E-state index contributed by atoms with van der Waals surface area (Å²) in [5.41, 5.74) is 7.09. The van der Waals surface area contributed by atoms with Crippen molar-refractivity contribution in [1.82, 2.24) is 0 Å². The summed E-state index contributed by atoms with van der Waals surface area (Å²) in [5.74, 6) is -0.354. The van der Waals surface area contributed by atoms with Crippen molar-refractivity contribution in [2.75, 3.05) is 13.7 Å². The van der Waals surface area contributed by atoms with Crippen molar-refractivity contribution in [2.45, 2.75) is 12.5 Å². The highest BCUT2D eigenvalue weighted by atomic mass is 16.5. The van der Waals surface area contributed by atoms with Crippen LogP contribution in [0.3, 0.4) is 0 Å². The van der Waals surface area contributed by atoms with E-state index in [9.17, 15) is 4.79 Å². The van der Waals surface area contributed by atoms with Gasteiger partial charge in [-0.25, -0.2) is 4.79 Å². The highest BCUT2D eigenvalue weighted by molar-refractivity contribution is 5.89. The van der Waals surface area contributed by atoms with Gasteiger partial charge in [0.2, 0.25) is 0 Å². The summed E-state index contributed by atoms with van der Waals surface area (Å²) in [6.07, 6.45) is 0.595. The molecule has 0 fully saturated rings. The van der Waals surface area contributed by atoms with Gasteiger partial charge in [0, 0.05) is 6.04 Å². The first kappa shape index (κ1) is 11.7. The number of esters is 1. The van der Waals surface area contributed by atoms with Crippen LogP contribution in [0, 0.1) is 0 Å². The predicted molar refractivity (Wildman–Crippen MR) is 56.5 cm³/mol. The number of rotatable bonds is 4. The number of carbonyl (C=O) groups is 1. The summed E-state index contributed by atoms with van der Waals surface area (Å²) in [7, 11) is 1.35. The van der Waals surface area contributed by atoms with Crippen LogP contribution in [-0.2, 0) is 11.2 Å². The third kappa shape index (κ3) is 3.34. The normalized spacial score (nSPS) is 12.2. The second kappa shape index (κ2) is 5.48. The summed E-state index contributed by atoms with van der Waals surface area (Å²) in [6, 6.07) is 6.73. The molecule has 0 saturated heterocycles. The largest absolute Gasteiger partial charge is 0.465 e. The van der Waals surface area contributed by atoms with Crippen LogP contribution in [-0.4, -0.2) is 30.8 Å². The maximum atomic E-state index is 11.1. The molecular formula is C11H15NO3. The molecule has 15 heavy (non-hydrogen) atoms. The number of hydrogen-bond donors (Lipinski definition) is 2. The number of carbonyl (C=O) groups excluding carboxylic acids is 1. The van der Waals surface area contributed by atoms with E-state index >= 15 is 0 Å². The number of aliphatic hydroxyl groups is 1. The quantitative estimate of drug-likeness (QED) is 0.701. The molecule has 0 unspecified atom stereocenters. The highest BCUT2D eigenvalue weighted by Gasteiger charge is 2.06. The van der Waals surface area contributed by atoms with E-state index < -0.39 is 0 Å². The summed E-state index contributed by atoms with van der Waals surface area (Å²) >= 11 is 0. The van der Waals surface area contributed by atoms with Crippen molar-refractivity contribution in [1.29, 1.82) is 0 Å². The average molecular weight is 209 g/mol. The van der Waals surface area contributed by atoms with E-state index in [0.717, 1.165) is 5.56 Å². The number of hydrogen-bond acceptors (Lipinski definition) is 4. The zero-order chi connectivity index (χ0) is 11.3. The van der Waals surface area contributed by atoms with Crippen molar-refractivity contribution < 1.29 is 14.6 Å². The van der Waals surface area contributed by atoms with Crippen molar-refractivity contribution in [3.05, 3.63) is 35.4 Å². The molecule has 0 radical (unpaired) electrons. The van der Waals surface area contributed by atoms with Gasteiger partial charge < -0.3 is 15.6 Å². The van der Waals surface area contributed by atoms with Gasteiger partial charge in [0.05, 0.1) is 19.3 Å². The van der Waals surface area contributed by atoms with Crippen LogP contribution in [0.1, 0.15) is 15.9 Å². The summed E-state index contributed by atoms with van der Waals surface area (Å²) in [6.45, 7) is -0.0429. The zero-order valence-electron chi connectivity index (χ0n) is 8.64. The fourth-order valence-electron chi connectivity index (χ4n) is 1.26. The van der Waals surface area contributed by atoms with Crippen LogP contribution >= 0.6 is 0 Å². The molecule has 0 spiro atoms.